The molecule has 0 aliphatic carbocycles. The van der Waals surface area contributed by atoms with Crippen LogP contribution in [0.4, 0.5) is 4.39 Å². The first-order valence-corrected chi connectivity index (χ1v) is 12.3. The van der Waals surface area contributed by atoms with E-state index in [1.165, 1.54) is 18.2 Å². The van der Waals surface area contributed by atoms with Crippen LogP contribution in [0.3, 0.4) is 0 Å². The Bertz CT molecular complexity index is 1060. The maximum Gasteiger partial charge on any atom is 0.253 e. The molecule has 1 aliphatic heterocycles. The van der Waals surface area contributed by atoms with Crippen molar-refractivity contribution in [3.05, 3.63) is 65.0 Å². The second kappa shape index (κ2) is 10.5. The summed E-state index contributed by atoms with van der Waals surface area (Å²) in [5, 5.41) is 0. The van der Waals surface area contributed by atoms with Gasteiger partial charge < -0.3 is 4.90 Å². The fraction of sp³-hybridized carbons (Fsp3) is 0.435. The highest BCUT2D eigenvalue weighted by atomic mass is 32.2. The highest BCUT2D eigenvalue weighted by Gasteiger charge is 2.25. The normalized spacial score (nSPS) is 18.6. The van der Waals surface area contributed by atoms with Crippen molar-refractivity contribution in [2.24, 2.45) is 0 Å². The molecule has 0 bridgehead atoms. The number of sulfonamides is 1. The van der Waals surface area contributed by atoms with E-state index in [2.05, 4.69) is 15.6 Å². The molecule has 1 amide bonds. The van der Waals surface area contributed by atoms with Gasteiger partial charge in [0.1, 0.15) is 5.82 Å². The predicted molar refractivity (Wildman–Crippen MR) is 122 cm³/mol. The first kappa shape index (κ1) is 24.3. The molecule has 0 spiro atoms. The Balaban J connectivity index is 1.54. The molecule has 2 aromatic carbocycles. The van der Waals surface area contributed by atoms with Crippen LogP contribution >= 0.6 is 0 Å². The van der Waals surface area contributed by atoms with Gasteiger partial charge in [0.25, 0.3) is 5.91 Å². The van der Waals surface area contributed by atoms with Crippen LogP contribution in [0.15, 0.2) is 47.4 Å². The maximum absolute atomic E-state index is 13.5. The van der Waals surface area contributed by atoms with E-state index < -0.39 is 10.0 Å². The lowest BCUT2D eigenvalue weighted by atomic mass is 9.99. The van der Waals surface area contributed by atoms with Gasteiger partial charge in [-0.15, -0.1) is 0 Å². The van der Waals surface area contributed by atoms with Crippen molar-refractivity contribution >= 4 is 15.9 Å². The van der Waals surface area contributed by atoms with E-state index in [9.17, 15) is 17.6 Å². The number of amides is 1. The molecule has 9 heteroatoms. The van der Waals surface area contributed by atoms with Gasteiger partial charge in [0.05, 0.1) is 4.90 Å². The lowest BCUT2D eigenvalue weighted by Gasteiger charge is -2.20. The second-order valence-corrected chi connectivity index (χ2v) is 9.94. The Hall–Kier alpha value is -2.33. The SMILES string of the molecule is CCNS(=O)(=O)c1ccc(C)c(C(=O)N(C)CCCC2CC(c3cccc(F)c3)NN2)c1. The van der Waals surface area contributed by atoms with Crippen molar-refractivity contribution in [3.8, 4) is 0 Å². The standard InChI is InChI=1S/C23H31FN4O3S/c1-4-25-32(30,31)20-11-10-16(2)21(15-20)23(29)28(3)12-6-9-19-14-22(27-26-19)17-7-5-8-18(24)13-17/h5,7-8,10-11,13,15,19,22,25-27H,4,6,9,12,14H2,1-3H3. The number of nitrogens with zero attached hydrogens (tertiary/aromatic N) is 1. The van der Waals surface area contributed by atoms with Crippen molar-refractivity contribution in [1.82, 2.24) is 20.5 Å². The van der Waals surface area contributed by atoms with Gasteiger partial charge >= 0.3 is 0 Å². The first-order valence-electron chi connectivity index (χ1n) is 10.8. The molecule has 1 aliphatic rings. The van der Waals surface area contributed by atoms with Gasteiger partial charge in [-0.1, -0.05) is 25.1 Å². The third-order valence-electron chi connectivity index (χ3n) is 5.71. The summed E-state index contributed by atoms with van der Waals surface area (Å²) in [6.07, 6.45) is 2.47. The largest absolute Gasteiger partial charge is 0.342 e. The second-order valence-electron chi connectivity index (χ2n) is 8.18. The fourth-order valence-electron chi connectivity index (χ4n) is 3.91. The van der Waals surface area contributed by atoms with Gasteiger partial charge in [0, 0.05) is 37.8 Å². The van der Waals surface area contributed by atoms with Crippen molar-refractivity contribution in [3.63, 3.8) is 0 Å². The smallest absolute Gasteiger partial charge is 0.253 e. The summed E-state index contributed by atoms with van der Waals surface area (Å²) < 4.78 is 40.5. The minimum absolute atomic E-state index is 0.0548. The summed E-state index contributed by atoms with van der Waals surface area (Å²) in [7, 11) is -1.90. The van der Waals surface area contributed by atoms with Gasteiger partial charge in [0.15, 0.2) is 0 Å². The maximum atomic E-state index is 13.5. The zero-order valence-electron chi connectivity index (χ0n) is 18.7. The van der Waals surface area contributed by atoms with Crippen LogP contribution in [0.5, 0.6) is 0 Å². The lowest BCUT2D eigenvalue weighted by Crippen LogP contribution is -2.33. The van der Waals surface area contributed by atoms with Crippen LogP contribution in [-0.4, -0.2) is 45.4 Å². The summed E-state index contributed by atoms with van der Waals surface area (Å²) in [5.41, 5.74) is 8.50. The van der Waals surface area contributed by atoms with Crippen LogP contribution < -0.4 is 15.6 Å². The van der Waals surface area contributed by atoms with E-state index in [1.54, 1.807) is 44.0 Å². The number of rotatable bonds is 9. The zero-order chi connectivity index (χ0) is 23.3. The number of hydrogen-bond donors (Lipinski definition) is 3. The molecule has 1 saturated heterocycles. The monoisotopic (exact) mass is 462 g/mol. The average molecular weight is 463 g/mol. The van der Waals surface area contributed by atoms with E-state index >= 15 is 0 Å². The number of aryl methyl sites for hydroxylation is 1. The number of hydrogen-bond acceptors (Lipinski definition) is 5. The molecular formula is C23H31FN4O3S. The van der Waals surface area contributed by atoms with Gasteiger partial charge in [-0.05, 0) is 61.6 Å². The van der Waals surface area contributed by atoms with Crippen LogP contribution in [0, 0.1) is 12.7 Å². The molecule has 1 fully saturated rings. The molecule has 174 valence electrons. The summed E-state index contributed by atoms with van der Waals surface area (Å²) in [6, 6.07) is 11.5. The Kier molecular flexibility index (Phi) is 8.00. The summed E-state index contributed by atoms with van der Waals surface area (Å²) in [4.78, 5) is 14.7. The van der Waals surface area contributed by atoms with E-state index in [1.807, 2.05) is 6.07 Å². The molecule has 0 saturated carbocycles. The molecule has 2 aromatic rings. The number of carbonyl (C=O) groups is 1. The van der Waals surface area contributed by atoms with E-state index in [0.29, 0.717) is 12.1 Å². The van der Waals surface area contributed by atoms with Crippen molar-refractivity contribution in [2.75, 3.05) is 20.1 Å². The molecule has 0 aromatic heterocycles. The molecule has 32 heavy (non-hydrogen) atoms. The van der Waals surface area contributed by atoms with Crippen LogP contribution in [-0.2, 0) is 10.0 Å². The Labute approximate surface area is 189 Å². The lowest BCUT2D eigenvalue weighted by molar-refractivity contribution is 0.0790. The fourth-order valence-corrected chi connectivity index (χ4v) is 4.97. The number of carbonyl (C=O) groups excluding carboxylic acids is 1. The molecular weight excluding hydrogens is 431 g/mol. The number of hydrazine groups is 1. The molecule has 2 unspecified atom stereocenters. The number of benzene rings is 2. The van der Waals surface area contributed by atoms with Gasteiger partial charge in [0.2, 0.25) is 10.0 Å². The van der Waals surface area contributed by atoms with Crippen molar-refractivity contribution < 1.29 is 17.6 Å². The Morgan fingerprint density at radius 3 is 2.72 bits per heavy atom. The Morgan fingerprint density at radius 2 is 2.00 bits per heavy atom. The van der Waals surface area contributed by atoms with Crippen molar-refractivity contribution in [1.29, 1.82) is 0 Å². The van der Waals surface area contributed by atoms with E-state index in [-0.39, 0.29) is 35.2 Å². The van der Waals surface area contributed by atoms with Crippen LogP contribution in [0.25, 0.3) is 0 Å². The van der Waals surface area contributed by atoms with Crippen LogP contribution in [0.2, 0.25) is 0 Å². The molecule has 1 heterocycles. The summed E-state index contributed by atoms with van der Waals surface area (Å²) in [6.45, 7) is 4.33. The molecule has 3 rings (SSSR count). The third-order valence-corrected chi connectivity index (χ3v) is 7.25. The summed E-state index contributed by atoms with van der Waals surface area (Å²) in [5.74, 6) is -0.447. The average Bonchev–Trinajstić information content (AvgIpc) is 3.22. The highest BCUT2D eigenvalue weighted by Crippen LogP contribution is 2.25. The molecule has 2 atom stereocenters. The summed E-state index contributed by atoms with van der Waals surface area (Å²) >= 11 is 0. The van der Waals surface area contributed by atoms with Gasteiger partial charge in [-0.25, -0.2) is 17.5 Å². The van der Waals surface area contributed by atoms with Crippen LogP contribution in [0.1, 0.15) is 53.7 Å². The quantitative estimate of drug-likeness (QED) is 0.533. The molecule has 7 nitrogen and oxygen atoms in total. The minimum atomic E-state index is -3.63. The van der Waals surface area contributed by atoms with Gasteiger partial charge in [-0.3, -0.25) is 15.6 Å². The number of nitrogens with one attached hydrogen (secondary N) is 3. The topological polar surface area (TPSA) is 90.5 Å². The zero-order valence-corrected chi connectivity index (χ0v) is 19.5. The Morgan fingerprint density at radius 1 is 1.22 bits per heavy atom. The minimum Gasteiger partial charge on any atom is -0.342 e. The first-order chi connectivity index (χ1) is 15.2. The van der Waals surface area contributed by atoms with E-state index in [4.69, 9.17) is 0 Å². The van der Waals surface area contributed by atoms with E-state index in [0.717, 1.165) is 30.4 Å². The predicted octanol–water partition coefficient (Wildman–Crippen LogP) is 2.89. The third kappa shape index (κ3) is 5.92. The molecule has 3 N–H and O–H groups in total. The highest BCUT2D eigenvalue weighted by molar-refractivity contribution is 7.89. The number of halogens is 1. The van der Waals surface area contributed by atoms with Gasteiger partial charge in [-0.2, -0.15) is 0 Å². The molecule has 0 radical (unpaired) electrons. The van der Waals surface area contributed by atoms with Crippen molar-refractivity contribution in [2.45, 2.75) is 50.1 Å².